The summed E-state index contributed by atoms with van der Waals surface area (Å²) in [6, 6.07) is 7.71. The molecular weight excluding hydrogens is 384 g/mol. The van der Waals surface area contributed by atoms with Crippen LogP contribution < -0.4 is 4.74 Å². The molecule has 1 aromatic carbocycles. The molecule has 0 atom stereocenters. The topological polar surface area (TPSA) is 88.8 Å². The molecule has 2 N–H and O–H groups in total. The van der Waals surface area contributed by atoms with Gasteiger partial charge in [0.05, 0.1) is 38.9 Å². The fourth-order valence-corrected chi connectivity index (χ4v) is 3.78. The van der Waals surface area contributed by atoms with E-state index in [0.717, 1.165) is 50.6 Å². The summed E-state index contributed by atoms with van der Waals surface area (Å²) in [4.78, 5) is 23.4. The predicted octanol–water partition coefficient (Wildman–Crippen LogP) is 0.573. The summed E-state index contributed by atoms with van der Waals surface area (Å²) in [6.07, 6.45) is 1.53. The van der Waals surface area contributed by atoms with Gasteiger partial charge in [-0.1, -0.05) is 12.1 Å². The minimum absolute atomic E-state index is 0.0844. The predicted molar refractivity (Wildman–Crippen MR) is 116 cm³/mol. The molecule has 1 saturated heterocycles. The molecule has 0 saturated carbocycles. The number of β-amino-alcohol motifs (C(OH)–C–C–N with tert-alkyl or cyclic N) is 1. The SMILES string of the molecule is COc1ccc(CN2CC(=O)C(C=NCCN3CCN(CCO)CC3)=C(O)C2)cc1. The van der Waals surface area contributed by atoms with Gasteiger partial charge in [-0.15, -0.1) is 0 Å². The highest BCUT2D eigenvalue weighted by Gasteiger charge is 2.24. The standard InChI is InChI=1S/C22H32N4O4/c1-30-19-4-2-18(3-5-19)15-26-16-21(28)20(22(29)17-26)14-23-6-7-24-8-10-25(11-9-24)12-13-27/h2-5,14,27-28H,6-13,15-17H2,1H3. The molecule has 8 nitrogen and oxygen atoms in total. The minimum Gasteiger partial charge on any atom is -0.510 e. The molecule has 0 unspecified atom stereocenters. The molecule has 3 rings (SSSR count). The van der Waals surface area contributed by atoms with Gasteiger partial charge in [0.2, 0.25) is 0 Å². The van der Waals surface area contributed by atoms with Crippen LogP contribution in [0.3, 0.4) is 0 Å². The number of benzene rings is 1. The smallest absolute Gasteiger partial charge is 0.181 e. The van der Waals surface area contributed by atoms with Gasteiger partial charge in [0, 0.05) is 52.0 Å². The zero-order valence-corrected chi connectivity index (χ0v) is 17.7. The molecule has 30 heavy (non-hydrogen) atoms. The second-order valence-corrected chi connectivity index (χ2v) is 7.72. The van der Waals surface area contributed by atoms with Crippen LogP contribution >= 0.6 is 0 Å². The van der Waals surface area contributed by atoms with E-state index in [-0.39, 0.29) is 24.7 Å². The number of hydrogen-bond donors (Lipinski definition) is 2. The third-order valence-corrected chi connectivity index (χ3v) is 5.56. The van der Waals surface area contributed by atoms with Crippen LogP contribution in [-0.4, -0.2) is 110 Å². The Morgan fingerprint density at radius 3 is 2.30 bits per heavy atom. The van der Waals surface area contributed by atoms with E-state index in [1.54, 1.807) is 7.11 Å². The number of ketones is 1. The Bertz CT molecular complexity index is 755. The number of hydrogen-bond acceptors (Lipinski definition) is 8. The van der Waals surface area contributed by atoms with Gasteiger partial charge in [-0.3, -0.25) is 24.5 Å². The molecule has 0 radical (unpaired) electrons. The van der Waals surface area contributed by atoms with Gasteiger partial charge in [0.15, 0.2) is 5.78 Å². The summed E-state index contributed by atoms with van der Waals surface area (Å²) >= 11 is 0. The first kappa shape index (κ1) is 22.4. The molecule has 0 aliphatic carbocycles. The van der Waals surface area contributed by atoms with Gasteiger partial charge >= 0.3 is 0 Å². The van der Waals surface area contributed by atoms with E-state index < -0.39 is 0 Å². The molecule has 0 amide bonds. The number of aliphatic hydroxyl groups is 2. The van der Waals surface area contributed by atoms with E-state index in [0.29, 0.717) is 25.2 Å². The van der Waals surface area contributed by atoms with Crippen LogP contribution in [0.4, 0.5) is 0 Å². The number of carbonyl (C=O) groups excluding carboxylic acids is 1. The van der Waals surface area contributed by atoms with Gasteiger partial charge in [-0.25, -0.2) is 0 Å². The zero-order chi connectivity index (χ0) is 21.3. The van der Waals surface area contributed by atoms with Gasteiger partial charge < -0.3 is 14.9 Å². The van der Waals surface area contributed by atoms with Crippen molar-refractivity contribution in [3.63, 3.8) is 0 Å². The zero-order valence-electron chi connectivity index (χ0n) is 17.7. The maximum absolute atomic E-state index is 12.5. The molecule has 1 fully saturated rings. The number of nitrogens with zero attached hydrogens (tertiary/aromatic N) is 4. The van der Waals surface area contributed by atoms with Crippen molar-refractivity contribution in [2.45, 2.75) is 6.54 Å². The minimum atomic E-state index is -0.103. The molecule has 0 spiro atoms. The Labute approximate surface area is 178 Å². The van der Waals surface area contributed by atoms with Crippen LogP contribution in [-0.2, 0) is 11.3 Å². The first-order valence-electron chi connectivity index (χ1n) is 10.4. The number of aliphatic hydroxyl groups excluding tert-OH is 2. The summed E-state index contributed by atoms with van der Waals surface area (Å²) in [5.41, 5.74) is 1.39. The highest BCUT2D eigenvalue weighted by atomic mass is 16.5. The third-order valence-electron chi connectivity index (χ3n) is 5.56. The van der Waals surface area contributed by atoms with Crippen molar-refractivity contribution in [2.75, 3.05) is 72.6 Å². The average Bonchev–Trinajstić information content (AvgIpc) is 2.74. The Morgan fingerprint density at radius 2 is 1.70 bits per heavy atom. The van der Waals surface area contributed by atoms with E-state index in [9.17, 15) is 9.90 Å². The summed E-state index contributed by atoms with van der Waals surface area (Å²) in [5.74, 6) is 0.775. The van der Waals surface area contributed by atoms with Crippen molar-refractivity contribution < 1.29 is 19.7 Å². The lowest BCUT2D eigenvalue weighted by atomic mass is 10.1. The van der Waals surface area contributed by atoms with E-state index >= 15 is 0 Å². The molecule has 164 valence electrons. The second-order valence-electron chi connectivity index (χ2n) is 7.72. The number of aliphatic imine (C=N–C) groups is 1. The van der Waals surface area contributed by atoms with Gasteiger partial charge in [-0.05, 0) is 17.7 Å². The lowest BCUT2D eigenvalue weighted by Gasteiger charge is -2.33. The summed E-state index contributed by atoms with van der Waals surface area (Å²) in [6.45, 7) is 7.39. The molecule has 8 heteroatoms. The van der Waals surface area contributed by atoms with Crippen LogP contribution in [0, 0.1) is 0 Å². The molecule has 2 aliphatic rings. The lowest BCUT2D eigenvalue weighted by molar-refractivity contribution is -0.117. The Balaban J connectivity index is 1.45. The molecule has 0 aromatic heterocycles. The van der Waals surface area contributed by atoms with Crippen molar-refractivity contribution >= 4 is 12.0 Å². The van der Waals surface area contributed by atoms with Gasteiger partial charge in [0.1, 0.15) is 11.5 Å². The molecule has 0 bridgehead atoms. The van der Waals surface area contributed by atoms with E-state index in [1.165, 1.54) is 6.21 Å². The third kappa shape index (κ3) is 6.37. The number of rotatable bonds is 9. The highest BCUT2D eigenvalue weighted by molar-refractivity contribution is 6.15. The number of carbonyl (C=O) groups is 1. The number of Topliss-reactive ketones (excluding diaryl/α,β-unsaturated/α-hetero) is 1. The fourth-order valence-electron chi connectivity index (χ4n) is 3.78. The normalized spacial score (nSPS) is 19.7. The van der Waals surface area contributed by atoms with Crippen molar-refractivity contribution in [3.05, 3.63) is 41.2 Å². The van der Waals surface area contributed by atoms with Crippen LogP contribution in [0.15, 0.2) is 40.6 Å². The van der Waals surface area contributed by atoms with Crippen molar-refractivity contribution in [2.24, 2.45) is 4.99 Å². The quantitative estimate of drug-likeness (QED) is 0.569. The largest absolute Gasteiger partial charge is 0.510 e. The lowest BCUT2D eigenvalue weighted by Crippen LogP contribution is -2.47. The van der Waals surface area contributed by atoms with Crippen LogP contribution in [0.2, 0.25) is 0 Å². The molecule has 2 aliphatic heterocycles. The summed E-state index contributed by atoms with van der Waals surface area (Å²) in [5, 5.41) is 19.4. The summed E-state index contributed by atoms with van der Waals surface area (Å²) in [7, 11) is 1.63. The first-order chi connectivity index (χ1) is 14.6. The van der Waals surface area contributed by atoms with Crippen molar-refractivity contribution in [3.8, 4) is 5.75 Å². The fraction of sp³-hybridized carbons (Fsp3) is 0.545. The molecule has 2 heterocycles. The number of methoxy groups -OCH3 is 1. The van der Waals surface area contributed by atoms with E-state index in [4.69, 9.17) is 9.84 Å². The average molecular weight is 417 g/mol. The van der Waals surface area contributed by atoms with Gasteiger partial charge in [0.25, 0.3) is 0 Å². The first-order valence-corrected chi connectivity index (χ1v) is 10.4. The van der Waals surface area contributed by atoms with Crippen LogP contribution in [0.25, 0.3) is 0 Å². The van der Waals surface area contributed by atoms with E-state index in [1.807, 2.05) is 29.2 Å². The number of piperazine rings is 1. The van der Waals surface area contributed by atoms with Crippen molar-refractivity contribution in [1.82, 2.24) is 14.7 Å². The van der Waals surface area contributed by atoms with E-state index in [2.05, 4.69) is 14.8 Å². The maximum atomic E-state index is 12.5. The summed E-state index contributed by atoms with van der Waals surface area (Å²) < 4.78 is 5.16. The molecular formula is C22H32N4O4. The second kappa shape index (κ2) is 11.2. The van der Waals surface area contributed by atoms with Gasteiger partial charge in [-0.2, -0.15) is 0 Å². The van der Waals surface area contributed by atoms with Crippen LogP contribution in [0.5, 0.6) is 5.75 Å². The highest BCUT2D eigenvalue weighted by Crippen LogP contribution is 2.17. The Hall–Kier alpha value is -2.26. The number of ether oxygens (including phenoxy) is 1. The monoisotopic (exact) mass is 416 g/mol. The van der Waals surface area contributed by atoms with Crippen LogP contribution in [0.1, 0.15) is 5.56 Å². The maximum Gasteiger partial charge on any atom is 0.181 e. The Kier molecular flexibility index (Phi) is 8.39. The van der Waals surface area contributed by atoms with Crippen molar-refractivity contribution in [1.29, 1.82) is 0 Å². The Morgan fingerprint density at radius 1 is 1.03 bits per heavy atom. The molecule has 1 aromatic rings.